The topological polar surface area (TPSA) is 26.3 Å². The predicted molar refractivity (Wildman–Crippen MR) is 69.9 cm³/mol. The van der Waals surface area contributed by atoms with E-state index < -0.39 is 0 Å². The van der Waals surface area contributed by atoms with Gasteiger partial charge in [-0.25, -0.2) is 0 Å². The summed E-state index contributed by atoms with van der Waals surface area (Å²) in [5, 5.41) is 0. The lowest BCUT2D eigenvalue weighted by Gasteiger charge is -2.12. The molecule has 2 heteroatoms. The summed E-state index contributed by atoms with van der Waals surface area (Å²) in [4.78, 5) is 11.6. The predicted octanol–water partition coefficient (Wildman–Crippen LogP) is 3.77. The van der Waals surface area contributed by atoms with Crippen molar-refractivity contribution in [3.8, 4) is 0 Å². The third-order valence-corrected chi connectivity index (χ3v) is 2.80. The number of ether oxygens (including phenoxy) is 1. The van der Waals surface area contributed by atoms with Crippen molar-refractivity contribution in [1.82, 2.24) is 0 Å². The molecule has 0 aromatic heterocycles. The van der Waals surface area contributed by atoms with E-state index in [-0.39, 0.29) is 11.9 Å². The maximum atomic E-state index is 11.6. The Morgan fingerprint density at radius 3 is 2.41 bits per heavy atom. The van der Waals surface area contributed by atoms with E-state index in [9.17, 15) is 4.79 Å². The zero-order valence-corrected chi connectivity index (χ0v) is 11.0. The van der Waals surface area contributed by atoms with Gasteiger partial charge < -0.3 is 4.74 Å². The van der Waals surface area contributed by atoms with Gasteiger partial charge in [0, 0.05) is 0 Å². The van der Waals surface area contributed by atoms with Crippen LogP contribution < -0.4 is 0 Å². The molecule has 1 atom stereocenters. The molecule has 0 N–H and O–H groups in total. The van der Waals surface area contributed by atoms with E-state index in [0.717, 1.165) is 6.42 Å². The van der Waals surface area contributed by atoms with Crippen molar-refractivity contribution in [2.45, 2.75) is 39.5 Å². The van der Waals surface area contributed by atoms with Gasteiger partial charge in [0.05, 0.1) is 13.0 Å². The molecular formula is C15H22O2. The summed E-state index contributed by atoms with van der Waals surface area (Å²) < 4.78 is 5.21. The second kappa shape index (κ2) is 7.10. The lowest BCUT2D eigenvalue weighted by Crippen LogP contribution is -2.10. The van der Waals surface area contributed by atoms with Crippen molar-refractivity contribution in [2.75, 3.05) is 6.61 Å². The molecule has 1 aromatic carbocycles. The number of carbonyl (C=O) groups is 1. The maximum Gasteiger partial charge on any atom is 0.306 e. The minimum Gasteiger partial charge on any atom is -0.466 e. The van der Waals surface area contributed by atoms with Gasteiger partial charge in [-0.05, 0) is 23.8 Å². The van der Waals surface area contributed by atoms with Crippen LogP contribution in [0, 0.1) is 5.92 Å². The Morgan fingerprint density at radius 1 is 1.18 bits per heavy atom. The quantitative estimate of drug-likeness (QED) is 0.700. The van der Waals surface area contributed by atoms with Crippen LogP contribution in [0.15, 0.2) is 30.3 Å². The van der Waals surface area contributed by atoms with E-state index in [4.69, 9.17) is 4.74 Å². The number of hydrogen-bond donors (Lipinski definition) is 0. The third-order valence-electron chi connectivity index (χ3n) is 2.80. The number of benzene rings is 1. The van der Waals surface area contributed by atoms with Crippen LogP contribution in [0.4, 0.5) is 0 Å². The van der Waals surface area contributed by atoms with Gasteiger partial charge in [0.15, 0.2) is 0 Å². The summed E-state index contributed by atoms with van der Waals surface area (Å²) in [6, 6.07) is 10.1. The minimum atomic E-state index is -0.0954. The van der Waals surface area contributed by atoms with Crippen molar-refractivity contribution in [1.29, 1.82) is 0 Å². The molecular weight excluding hydrogens is 212 g/mol. The van der Waals surface area contributed by atoms with Gasteiger partial charge in [-0.2, -0.15) is 0 Å². The van der Waals surface area contributed by atoms with Crippen LogP contribution >= 0.6 is 0 Å². The summed E-state index contributed by atoms with van der Waals surface area (Å²) in [5.74, 6) is 0.707. The van der Waals surface area contributed by atoms with E-state index in [2.05, 4.69) is 20.8 Å². The molecule has 2 nitrogen and oxygen atoms in total. The van der Waals surface area contributed by atoms with Crippen LogP contribution in [0.25, 0.3) is 0 Å². The fraction of sp³-hybridized carbons (Fsp3) is 0.533. The van der Waals surface area contributed by atoms with Crippen LogP contribution in [-0.4, -0.2) is 12.6 Å². The second-order valence-corrected chi connectivity index (χ2v) is 4.92. The van der Waals surface area contributed by atoms with Crippen LogP contribution in [0.3, 0.4) is 0 Å². The molecule has 0 heterocycles. The molecule has 1 aromatic rings. The Balaban J connectivity index is 2.31. The van der Waals surface area contributed by atoms with Crippen LogP contribution in [0.2, 0.25) is 0 Å². The van der Waals surface area contributed by atoms with Crippen LogP contribution in [0.5, 0.6) is 0 Å². The van der Waals surface area contributed by atoms with Crippen molar-refractivity contribution in [3.05, 3.63) is 35.9 Å². The van der Waals surface area contributed by atoms with Gasteiger partial charge >= 0.3 is 5.97 Å². The van der Waals surface area contributed by atoms with Gasteiger partial charge in [0.25, 0.3) is 0 Å². The number of esters is 1. The largest absolute Gasteiger partial charge is 0.466 e. The normalized spacial score (nSPS) is 12.5. The van der Waals surface area contributed by atoms with E-state index in [1.807, 2.05) is 30.3 Å². The number of rotatable bonds is 6. The van der Waals surface area contributed by atoms with Gasteiger partial charge in [-0.1, -0.05) is 51.1 Å². The molecule has 0 fully saturated rings. The van der Waals surface area contributed by atoms with E-state index >= 15 is 0 Å². The molecule has 0 aliphatic heterocycles. The highest BCUT2D eigenvalue weighted by Crippen LogP contribution is 2.18. The van der Waals surface area contributed by atoms with Gasteiger partial charge in [0.2, 0.25) is 0 Å². The Labute approximate surface area is 104 Å². The molecule has 1 rings (SSSR count). The average molecular weight is 234 g/mol. The van der Waals surface area contributed by atoms with Gasteiger partial charge in [-0.15, -0.1) is 0 Å². The SMILES string of the molecule is CC(C)CCOC(=O)CC(C)c1ccccc1. The summed E-state index contributed by atoms with van der Waals surface area (Å²) in [5.41, 5.74) is 1.19. The monoisotopic (exact) mass is 234 g/mol. The fourth-order valence-electron chi connectivity index (χ4n) is 1.62. The molecule has 0 aliphatic carbocycles. The fourth-order valence-corrected chi connectivity index (χ4v) is 1.62. The van der Waals surface area contributed by atoms with E-state index in [0.29, 0.717) is 18.9 Å². The van der Waals surface area contributed by atoms with E-state index in [1.54, 1.807) is 0 Å². The number of hydrogen-bond acceptors (Lipinski definition) is 2. The molecule has 0 saturated heterocycles. The van der Waals surface area contributed by atoms with Crippen molar-refractivity contribution in [3.63, 3.8) is 0 Å². The van der Waals surface area contributed by atoms with Crippen molar-refractivity contribution >= 4 is 5.97 Å². The van der Waals surface area contributed by atoms with Crippen LogP contribution in [0.1, 0.15) is 45.1 Å². The van der Waals surface area contributed by atoms with Gasteiger partial charge in [-0.3, -0.25) is 4.79 Å². The summed E-state index contributed by atoms with van der Waals surface area (Å²) in [6.07, 6.45) is 1.40. The first-order valence-corrected chi connectivity index (χ1v) is 6.30. The Kier molecular flexibility index (Phi) is 5.75. The maximum absolute atomic E-state index is 11.6. The summed E-state index contributed by atoms with van der Waals surface area (Å²) >= 11 is 0. The standard InChI is InChI=1S/C15H22O2/c1-12(2)9-10-17-15(16)11-13(3)14-7-5-4-6-8-14/h4-8,12-13H,9-11H2,1-3H3. The zero-order chi connectivity index (χ0) is 12.7. The molecule has 94 valence electrons. The molecule has 0 saturated carbocycles. The van der Waals surface area contributed by atoms with Crippen molar-refractivity contribution < 1.29 is 9.53 Å². The smallest absolute Gasteiger partial charge is 0.306 e. The summed E-state index contributed by atoms with van der Waals surface area (Å²) in [6.45, 7) is 6.85. The van der Waals surface area contributed by atoms with E-state index in [1.165, 1.54) is 5.56 Å². The minimum absolute atomic E-state index is 0.0954. The first-order valence-electron chi connectivity index (χ1n) is 6.30. The molecule has 0 aliphatic rings. The first-order chi connectivity index (χ1) is 8.09. The Morgan fingerprint density at radius 2 is 1.82 bits per heavy atom. The lowest BCUT2D eigenvalue weighted by molar-refractivity contribution is -0.144. The molecule has 0 amide bonds. The molecule has 0 spiro atoms. The first kappa shape index (κ1) is 13.8. The molecule has 1 unspecified atom stereocenters. The highest BCUT2D eigenvalue weighted by Gasteiger charge is 2.11. The molecule has 17 heavy (non-hydrogen) atoms. The Hall–Kier alpha value is -1.31. The van der Waals surface area contributed by atoms with Gasteiger partial charge in [0.1, 0.15) is 0 Å². The molecule has 0 bridgehead atoms. The zero-order valence-electron chi connectivity index (χ0n) is 11.0. The second-order valence-electron chi connectivity index (χ2n) is 4.92. The summed E-state index contributed by atoms with van der Waals surface area (Å²) in [7, 11) is 0. The third kappa shape index (κ3) is 5.53. The molecule has 0 radical (unpaired) electrons. The highest BCUT2D eigenvalue weighted by molar-refractivity contribution is 5.70. The van der Waals surface area contributed by atoms with Crippen molar-refractivity contribution in [2.24, 2.45) is 5.92 Å². The average Bonchev–Trinajstić information content (AvgIpc) is 2.29. The van der Waals surface area contributed by atoms with Crippen LogP contribution in [-0.2, 0) is 9.53 Å². The lowest BCUT2D eigenvalue weighted by atomic mass is 9.98. The Bertz CT molecular complexity index is 330. The number of carbonyl (C=O) groups excluding carboxylic acids is 1. The highest BCUT2D eigenvalue weighted by atomic mass is 16.5.